The largest absolute Gasteiger partial charge is 0.457 e. The van der Waals surface area contributed by atoms with Crippen molar-refractivity contribution in [1.29, 1.82) is 5.26 Å². The van der Waals surface area contributed by atoms with Crippen LogP contribution < -0.4 is 4.74 Å². The molecule has 0 aromatic heterocycles. The van der Waals surface area contributed by atoms with Gasteiger partial charge in [0.1, 0.15) is 17.3 Å². The highest BCUT2D eigenvalue weighted by atomic mass is 32.2. The van der Waals surface area contributed by atoms with Crippen LogP contribution in [0, 0.1) is 17.1 Å². The van der Waals surface area contributed by atoms with Crippen molar-refractivity contribution < 1.29 is 31.4 Å². The number of hydrogen-bond acceptors (Lipinski definition) is 5. The Morgan fingerprint density at radius 1 is 1.26 bits per heavy atom. The lowest BCUT2D eigenvalue weighted by molar-refractivity contribution is -0.120. The molecular weight excluding hydrogens is 383 g/mol. The first-order valence-electron chi connectivity index (χ1n) is 7.62. The van der Waals surface area contributed by atoms with Crippen molar-refractivity contribution in [3.05, 3.63) is 59.4 Å². The summed E-state index contributed by atoms with van der Waals surface area (Å²) in [5.74, 6) is -0.901. The number of rotatable bonds is 2. The summed E-state index contributed by atoms with van der Waals surface area (Å²) in [6, 6.07) is 7.01. The molecule has 0 radical (unpaired) electrons. The Bertz CT molecular complexity index is 1180. The maximum absolute atomic E-state index is 14.5. The van der Waals surface area contributed by atoms with Gasteiger partial charge < -0.3 is 9.84 Å². The van der Waals surface area contributed by atoms with Gasteiger partial charge in [0.25, 0.3) is 0 Å². The van der Waals surface area contributed by atoms with Crippen LogP contribution in [0.1, 0.15) is 23.1 Å². The number of ether oxygens (including phenoxy) is 1. The summed E-state index contributed by atoms with van der Waals surface area (Å²) < 4.78 is 72.4. The Morgan fingerprint density at radius 2 is 1.96 bits per heavy atom. The fourth-order valence-electron chi connectivity index (χ4n) is 3.54. The van der Waals surface area contributed by atoms with Crippen molar-refractivity contribution in [1.82, 2.24) is 0 Å². The Hall–Kier alpha value is -2.83. The lowest BCUT2D eigenvalue weighted by Crippen LogP contribution is -2.43. The zero-order valence-corrected chi connectivity index (χ0v) is 14.3. The van der Waals surface area contributed by atoms with E-state index in [4.69, 9.17) is 10.00 Å². The van der Waals surface area contributed by atoms with Gasteiger partial charge in [-0.1, -0.05) is 6.58 Å². The molecule has 0 bridgehead atoms. The van der Waals surface area contributed by atoms with Crippen molar-refractivity contribution in [2.75, 3.05) is 0 Å². The minimum atomic E-state index is -5.08. The van der Waals surface area contributed by atoms with E-state index in [2.05, 4.69) is 6.58 Å². The van der Waals surface area contributed by atoms with Crippen LogP contribution in [0.15, 0.2) is 41.8 Å². The molecule has 1 aliphatic heterocycles. The van der Waals surface area contributed by atoms with Gasteiger partial charge in [-0.3, -0.25) is 0 Å². The van der Waals surface area contributed by atoms with Crippen molar-refractivity contribution in [2.24, 2.45) is 0 Å². The van der Waals surface area contributed by atoms with Crippen LogP contribution in [0.5, 0.6) is 11.5 Å². The Balaban J connectivity index is 1.93. The van der Waals surface area contributed by atoms with E-state index in [1.165, 1.54) is 6.07 Å². The van der Waals surface area contributed by atoms with Crippen molar-refractivity contribution >= 4 is 15.4 Å². The normalized spacial score (nSPS) is 23.7. The van der Waals surface area contributed by atoms with Crippen LogP contribution in [-0.2, 0) is 15.4 Å². The van der Waals surface area contributed by atoms with Crippen LogP contribution in [0.4, 0.5) is 13.2 Å². The third-order valence-corrected chi connectivity index (χ3v) is 6.63. The molecular formula is C18H10F3NO4S. The molecule has 1 heterocycles. The molecule has 5 nitrogen and oxygen atoms in total. The van der Waals surface area contributed by atoms with Gasteiger partial charge in [-0.05, 0) is 29.8 Å². The molecule has 1 aliphatic carbocycles. The van der Waals surface area contributed by atoms with E-state index in [-0.39, 0.29) is 28.2 Å². The highest BCUT2D eigenvalue weighted by Gasteiger charge is 2.73. The van der Waals surface area contributed by atoms with E-state index >= 15 is 0 Å². The molecule has 0 spiro atoms. The quantitative estimate of drug-likeness (QED) is 0.844. The van der Waals surface area contributed by atoms with E-state index in [1.54, 1.807) is 6.07 Å². The molecule has 0 saturated heterocycles. The molecule has 1 atom stereocenters. The standard InChI is InChI=1S/C18H10F3NO4S/c1-9-7-17(23)16-14(27(24,25)18(17,20)21)3-2-13(15(9)16)26-12-5-10(8-22)4-11(19)6-12/h2-6,23H,1,7H2. The molecule has 138 valence electrons. The average molecular weight is 393 g/mol. The van der Waals surface area contributed by atoms with E-state index in [1.807, 2.05) is 0 Å². The molecule has 0 saturated carbocycles. The second-order valence-electron chi connectivity index (χ2n) is 6.36. The second-order valence-corrected chi connectivity index (χ2v) is 8.32. The predicted molar refractivity (Wildman–Crippen MR) is 87.3 cm³/mol. The van der Waals surface area contributed by atoms with Gasteiger partial charge in [-0.2, -0.15) is 14.0 Å². The molecule has 4 rings (SSSR count). The minimum Gasteiger partial charge on any atom is -0.457 e. The molecule has 1 N–H and O–H groups in total. The Labute approximate surface area is 151 Å². The fourth-order valence-corrected chi connectivity index (χ4v) is 5.22. The third kappa shape index (κ3) is 2.05. The summed E-state index contributed by atoms with van der Waals surface area (Å²) in [4.78, 5) is -0.687. The van der Waals surface area contributed by atoms with Crippen molar-refractivity contribution in [2.45, 2.75) is 22.2 Å². The van der Waals surface area contributed by atoms with Gasteiger partial charge >= 0.3 is 5.25 Å². The summed E-state index contributed by atoms with van der Waals surface area (Å²) in [5.41, 5.74) is -3.42. The van der Waals surface area contributed by atoms with Crippen molar-refractivity contribution in [3.63, 3.8) is 0 Å². The van der Waals surface area contributed by atoms with Crippen LogP contribution >= 0.6 is 0 Å². The van der Waals surface area contributed by atoms with Gasteiger partial charge in [0.05, 0.1) is 16.5 Å². The molecule has 0 fully saturated rings. The average Bonchev–Trinajstić information content (AvgIpc) is 2.92. The number of nitrogens with zero attached hydrogens (tertiary/aromatic N) is 1. The fraction of sp³-hybridized carbons (Fsp3) is 0.167. The molecule has 27 heavy (non-hydrogen) atoms. The van der Waals surface area contributed by atoms with Crippen LogP contribution in [0.3, 0.4) is 0 Å². The highest BCUT2D eigenvalue weighted by Crippen LogP contribution is 2.63. The first-order chi connectivity index (χ1) is 12.5. The van der Waals surface area contributed by atoms with E-state index < -0.39 is 43.4 Å². The second kappa shape index (κ2) is 5.12. The summed E-state index contributed by atoms with van der Waals surface area (Å²) in [7, 11) is -5.08. The topological polar surface area (TPSA) is 87.4 Å². The summed E-state index contributed by atoms with van der Waals surface area (Å²) >= 11 is 0. The third-order valence-electron chi connectivity index (χ3n) is 4.70. The molecule has 9 heteroatoms. The van der Waals surface area contributed by atoms with E-state index in [0.29, 0.717) is 0 Å². The highest BCUT2D eigenvalue weighted by molar-refractivity contribution is 7.93. The number of aliphatic hydroxyl groups is 1. The van der Waals surface area contributed by atoms with Gasteiger partial charge in [0.2, 0.25) is 9.84 Å². The van der Waals surface area contributed by atoms with E-state index in [0.717, 1.165) is 24.3 Å². The zero-order chi connectivity index (χ0) is 19.8. The van der Waals surface area contributed by atoms with Crippen LogP contribution in [0.25, 0.3) is 5.57 Å². The van der Waals surface area contributed by atoms with Crippen LogP contribution in [-0.4, -0.2) is 18.8 Å². The number of hydrogen-bond donors (Lipinski definition) is 1. The first kappa shape index (κ1) is 17.6. The summed E-state index contributed by atoms with van der Waals surface area (Å²) in [5, 5.41) is 15.0. The number of halogens is 3. The molecule has 2 aliphatic rings. The lowest BCUT2D eigenvalue weighted by atomic mass is 9.96. The van der Waals surface area contributed by atoms with Gasteiger partial charge in [0, 0.05) is 23.6 Å². The summed E-state index contributed by atoms with van der Waals surface area (Å²) in [6.07, 6.45) is -0.686. The van der Waals surface area contributed by atoms with Gasteiger partial charge in [0.15, 0.2) is 5.60 Å². The smallest absolute Gasteiger partial charge is 0.382 e. The minimum absolute atomic E-state index is 0.0213. The SMILES string of the molecule is C=C1CC2(O)c3c(ccc(Oc4cc(F)cc(C#N)c4)c31)S(=O)(=O)C2(F)F. The van der Waals surface area contributed by atoms with Crippen LogP contribution in [0.2, 0.25) is 0 Å². The number of alkyl halides is 2. The molecule has 0 amide bonds. The zero-order valence-electron chi connectivity index (χ0n) is 13.5. The number of sulfone groups is 1. The number of benzene rings is 2. The lowest BCUT2D eigenvalue weighted by Gasteiger charge is -2.24. The molecule has 2 aromatic rings. The number of nitriles is 1. The van der Waals surface area contributed by atoms with Crippen molar-refractivity contribution in [3.8, 4) is 17.6 Å². The van der Waals surface area contributed by atoms with Gasteiger partial charge in [-0.25, -0.2) is 12.8 Å². The predicted octanol–water partition coefficient (Wildman–Crippen LogP) is 3.47. The molecule has 2 aromatic carbocycles. The van der Waals surface area contributed by atoms with E-state index in [9.17, 15) is 26.7 Å². The maximum Gasteiger partial charge on any atom is 0.382 e. The maximum atomic E-state index is 14.5. The first-order valence-corrected chi connectivity index (χ1v) is 9.10. The van der Waals surface area contributed by atoms with Gasteiger partial charge in [-0.15, -0.1) is 0 Å². The summed E-state index contributed by atoms with van der Waals surface area (Å²) in [6.45, 7) is 3.64. The molecule has 1 unspecified atom stereocenters. The Kier molecular flexibility index (Phi) is 3.33. The monoisotopic (exact) mass is 393 g/mol. The Morgan fingerprint density at radius 3 is 2.63 bits per heavy atom.